The van der Waals surface area contributed by atoms with Crippen LogP contribution in [0.1, 0.15) is 44.5 Å². The van der Waals surface area contributed by atoms with Gasteiger partial charge in [0, 0.05) is 18.7 Å². The first-order valence-electron chi connectivity index (χ1n) is 8.31. The minimum absolute atomic E-state index is 0.00536. The highest BCUT2D eigenvalue weighted by Crippen LogP contribution is 2.29. The van der Waals surface area contributed by atoms with Gasteiger partial charge in [0.25, 0.3) is 0 Å². The lowest BCUT2D eigenvalue weighted by molar-refractivity contribution is 0.148. The molecule has 6 heteroatoms. The number of urea groups is 1. The second-order valence-electron chi connectivity index (χ2n) is 5.85. The Morgan fingerprint density at radius 2 is 2.17 bits per heavy atom. The van der Waals surface area contributed by atoms with Crippen molar-refractivity contribution in [1.82, 2.24) is 25.4 Å². The minimum atomic E-state index is -0.0226. The number of aromatic nitrogens is 3. The highest BCUT2D eigenvalue weighted by Gasteiger charge is 2.30. The molecule has 1 saturated heterocycles. The summed E-state index contributed by atoms with van der Waals surface area (Å²) in [4.78, 5) is 18.9. The molecule has 0 radical (unpaired) electrons. The van der Waals surface area contributed by atoms with Crippen LogP contribution in [0.4, 0.5) is 4.79 Å². The highest BCUT2D eigenvalue weighted by atomic mass is 16.2. The van der Waals surface area contributed by atoms with Crippen LogP contribution in [0.25, 0.3) is 11.4 Å². The van der Waals surface area contributed by atoms with E-state index in [2.05, 4.69) is 27.4 Å². The van der Waals surface area contributed by atoms with Crippen LogP contribution in [0, 0.1) is 0 Å². The average Bonchev–Trinajstić information content (AvgIpc) is 3.10. The number of carbonyl (C=O) groups is 1. The molecule has 1 fully saturated rings. The minimum Gasteiger partial charge on any atom is -0.338 e. The third-order valence-corrected chi connectivity index (χ3v) is 4.14. The maximum atomic E-state index is 12.4. The maximum absolute atomic E-state index is 12.4. The number of hydrogen-bond acceptors (Lipinski definition) is 3. The SMILES string of the molecule is CCCNC(=O)N1CCCCC1c1nc(-c2ccccc2)n[nH]1. The predicted octanol–water partition coefficient (Wildman–Crippen LogP) is 3.12. The zero-order valence-corrected chi connectivity index (χ0v) is 13.5. The number of amides is 2. The molecular formula is C17H23N5O. The second-order valence-corrected chi connectivity index (χ2v) is 5.85. The van der Waals surface area contributed by atoms with Gasteiger partial charge in [-0.25, -0.2) is 9.78 Å². The zero-order valence-electron chi connectivity index (χ0n) is 13.5. The number of hydrogen-bond donors (Lipinski definition) is 2. The fourth-order valence-electron chi connectivity index (χ4n) is 2.93. The quantitative estimate of drug-likeness (QED) is 0.910. The first-order chi connectivity index (χ1) is 11.3. The van der Waals surface area contributed by atoms with E-state index in [0.717, 1.165) is 43.6 Å². The third kappa shape index (κ3) is 3.52. The van der Waals surface area contributed by atoms with Crippen molar-refractivity contribution >= 4 is 6.03 Å². The van der Waals surface area contributed by atoms with Crippen molar-refractivity contribution in [3.8, 4) is 11.4 Å². The summed E-state index contributed by atoms with van der Waals surface area (Å²) < 4.78 is 0. The van der Waals surface area contributed by atoms with Crippen molar-refractivity contribution in [2.45, 2.75) is 38.6 Å². The summed E-state index contributed by atoms with van der Waals surface area (Å²) in [5.74, 6) is 1.45. The largest absolute Gasteiger partial charge is 0.338 e. The van der Waals surface area contributed by atoms with Crippen LogP contribution in [0.5, 0.6) is 0 Å². The molecule has 2 aromatic rings. The molecule has 2 amide bonds. The van der Waals surface area contributed by atoms with Crippen LogP contribution in [0.15, 0.2) is 30.3 Å². The Balaban J connectivity index is 1.78. The first-order valence-corrected chi connectivity index (χ1v) is 8.31. The monoisotopic (exact) mass is 313 g/mol. The number of benzene rings is 1. The molecular weight excluding hydrogens is 290 g/mol. The van der Waals surface area contributed by atoms with Crippen molar-refractivity contribution in [1.29, 1.82) is 0 Å². The molecule has 1 aliphatic rings. The van der Waals surface area contributed by atoms with Crippen LogP contribution >= 0.6 is 0 Å². The van der Waals surface area contributed by atoms with Gasteiger partial charge in [-0.15, -0.1) is 0 Å². The molecule has 2 heterocycles. The van der Waals surface area contributed by atoms with Gasteiger partial charge in [-0.2, -0.15) is 5.10 Å². The Hall–Kier alpha value is -2.37. The van der Waals surface area contributed by atoms with Gasteiger partial charge < -0.3 is 10.2 Å². The van der Waals surface area contributed by atoms with Gasteiger partial charge in [-0.3, -0.25) is 5.10 Å². The van der Waals surface area contributed by atoms with Crippen molar-refractivity contribution in [3.63, 3.8) is 0 Å². The lowest BCUT2D eigenvalue weighted by Gasteiger charge is -2.34. The topological polar surface area (TPSA) is 73.9 Å². The highest BCUT2D eigenvalue weighted by molar-refractivity contribution is 5.74. The predicted molar refractivity (Wildman–Crippen MR) is 88.8 cm³/mol. The summed E-state index contributed by atoms with van der Waals surface area (Å²) in [5, 5.41) is 10.3. The van der Waals surface area contributed by atoms with Gasteiger partial charge in [-0.1, -0.05) is 37.3 Å². The number of piperidine rings is 1. The summed E-state index contributed by atoms with van der Waals surface area (Å²) in [5.41, 5.74) is 0.979. The van der Waals surface area contributed by atoms with E-state index in [9.17, 15) is 4.79 Å². The maximum Gasteiger partial charge on any atom is 0.318 e. The average molecular weight is 313 g/mol. The van der Waals surface area contributed by atoms with E-state index < -0.39 is 0 Å². The normalized spacial score (nSPS) is 18.0. The van der Waals surface area contributed by atoms with Crippen molar-refractivity contribution in [2.24, 2.45) is 0 Å². The smallest absolute Gasteiger partial charge is 0.318 e. The lowest BCUT2D eigenvalue weighted by Crippen LogP contribution is -2.45. The molecule has 1 atom stereocenters. The first kappa shape index (κ1) is 15.5. The van der Waals surface area contributed by atoms with Gasteiger partial charge in [0.1, 0.15) is 5.82 Å². The van der Waals surface area contributed by atoms with E-state index >= 15 is 0 Å². The lowest BCUT2D eigenvalue weighted by atomic mass is 10.0. The van der Waals surface area contributed by atoms with Gasteiger partial charge in [0.05, 0.1) is 6.04 Å². The van der Waals surface area contributed by atoms with E-state index in [4.69, 9.17) is 0 Å². The van der Waals surface area contributed by atoms with E-state index in [-0.39, 0.29) is 12.1 Å². The molecule has 3 rings (SSSR count). The number of nitrogens with one attached hydrogen (secondary N) is 2. The Morgan fingerprint density at radius 3 is 2.96 bits per heavy atom. The number of carbonyl (C=O) groups excluding carboxylic acids is 1. The van der Waals surface area contributed by atoms with E-state index in [1.165, 1.54) is 0 Å². The molecule has 2 N–H and O–H groups in total. The Labute approximate surface area is 136 Å². The number of likely N-dealkylation sites (tertiary alicyclic amines) is 1. The van der Waals surface area contributed by atoms with Crippen LogP contribution in [0.2, 0.25) is 0 Å². The van der Waals surface area contributed by atoms with Crippen molar-refractivity contribution in [2.75, 3.05) is 13.1 Å². The molecule has 6 nitrogen and oxygen atoms in total. The molecule has 1 unspecified atom stereocenters. The molecule has 23 heavy (non-hydrogen) atoms. The molecule has 1 aromatic heterocycles. The number of nitrogens with zero attached hydrogens (tertiary/aromatic N) is 3. The molecule has 0 saturated carbocycles. The van der Waals surface area contributed by atoms with Gasteiger partial charge >= 0.3 is 6.03 Å². The third-order valence-electron chi connectivity index (χ3n) is 4.14. The summed E-state index contributed by atoms with van der Waals surface area (Å²) in [6, 6.07) is 9.85. The van der Waals surface area contributed by atoms with Gasteiger partial charge in [-0.05, 0) is 25.7 Å². The summed E-state index contributed by atoms with van der Waals surface area (Å²) in [6.07, 6.45) is 3.99. The summed E-state index contributed by atoms with van der Waals surface area (Å²) in [7, 11) is 0. The van der Waals surface area contributed by atoms with Gasteiger partial charge in [0.15, 0.2) is 5.82 Å². The van der Waals surface area contributed by atoms with E-state index in [1.54, 1.807) is 0 Å². The zero-order chi connectivity index (χ0) is 16.1. The van der Waals surface area contributed by atoms with Crippen molar-refractivity contribution < 1.29 is 4.79 Å². The molecule has 0 spiro atoms. The van der Waals surface area contributed by atoms with Crippen LogP contribution in [0.3, 0.4) is 0 Å². The number of H-pyrrole nitrogens is 1. The van der Waals surface area contributed by atoms with Crippen molar-refractivity contribution in [3.05, 3.63) is 36.2 Å². The Kier molecular flexibility index (Phi) is 4.90. The van der Waals surface area contributed by atoms with Crippen LogP contribution < -0.4 is 5.32 Å². The fourth-order valence-corrected chi connectivity index (χ4v) is 2.93. The Bertz CT molecular complexity index is 639. The second kappa shape index (κ2) is 7.26. The van der Waals surface area contributed by atoms with E-state index in [1.807, 2.05) is 35.2 Å². The molecule has 1 aliphatic heterocycles. The molecule has 0 aliphatic carbocycles. The summed E-state index contributed by atoms with van der Waals surface area (Å²) in [6.45, 7) is 3.52. The molecule has 1 aromatic carbocycles. The fraction of sp³-hybridized carbons (Fsp3) is 0.471. The molecule has 0 bridgehead atoms. The number of aromatic amines is 1. The Morgan fingerprint density at radius 1 is 1.35 bits per heavy atom. The van der Waals surface area contributed by atoms with Gasteiger partial charge in [0.2, 0.25) is 0 Å². The van der Waals surface area contributed by atoms with E-state index in [0.29, 0.717) is 12.4 Å². The number of rotatable bonds is 4. The molecule has 122 valence electrons. The standard InChI is InChI=1S/C17H23N5O/c1-2-11-18-17(23)22-12-7-6-10-14(22)16-19-15(20-21-16)13-8-4-3-5-9-13/h3-5,8-9,14H,2,6-7,10-12H2,1H3,(H,18,23)(H,19,20,21). The van der Waals surface area contributed by atoms with Crippen LogP contribution in [-0.4, -0.2) is 39.2 Å². The van der Waals surface area contributed by atoms with Crippen LogP contribution in [-0.2, 0) is 0 Å². The summed E-state index contributed by atoms with van der Waals surface area (Å²) >= 11 is 0.